The lowest BCUT2D eigenvalue weighted by Crippen LogP contribution is -2.40. The fourth-order valence-corrected chi connectivity index (χ4v) is 8.69. The smallest absolute Gasteiger partial charge is 0.271 e. The van der Waals surface area contributed by atoms with E-state index in [1.54, 1.807) is 30.7 Å². The molecule has 0 bridgehead atoms. The maximum atomic E-state index is 14.2. The quantitative estimate of drug-likeness (QED) is 0.160. The molecule has 1 aromatic heterocycles. The number of anilines is 1. The summed E-state index contributed by atoms with van der Waals surface area (Å²) in [5.41, 5.74) is 3.78. The molecule has 7 nitrogen and oxygen atoms in total. The Labute approximate surface area is 311 Å². The van der Waals surface area contributed by atoms with Crippen molar-refractivity contribution in [1.29, 1.82) is 0 Å². The Morgan fingerprint density at radius 1 is 1.00 bits per heavy atom. The number of ether oxygens (including phenoxy) is 2. The molecule has 0 unspecified atom stereocenters. The number of nitrogens with zero attached hydrogens (tertiary/aromatic N) is 2. The summed E-state index contributed by atoms with van der Waals surface area (Å²) in [7, 11) is 1.58. The van der Waals surface area contributed by atoms with Gasteiger partial charge in [-0.05, 0) is 123 Å². The van der Waals surface area contributed by atoms with Crippen LogP contribution < -0.4 is 29.7 Å². The lowest BCUT2D eigenvalue weighted by molar-refractivity contribution is -0.113. The highest BCUT2D eigenvalue weighted by Crippen LogP contribution is 2.33. The van der Waals surface area contributed by atoms with Crippen LogP contribution in [0.15, 0.2) is 106 Å². The molecule has 1 aliphatic heterocycles. The number of allylic oxidation sites excluding steroid dienone is 1. The molecule has 5 aromatic rings. The molecule has 0 saturated heterocycles. The summed E-state index contributed by atoms with van der Waals surface area (Å²) in [6.07, 6.45) is 1.85. The van der Waals surface area contributed by atoms with Crippen LogP contribution in [-0.2, 0) is 11.4 Å². The minimum Gasteiger partial charge on any atom is -0.497 e. The second-order valence-corrected chi connectivity index (χ2v) is 14.7. The van der Waals surface area contributed by atoms with Crippen molar-refractivity contribution >= 4 is 97.4 Å². The number of halogens is 4. The van der Waals surface area contributed by atoms with Crippen LogP contribution in [0.2, 0.25) is 10.0 Å². The Bertz CT molecular complexity index is 2210. The van der Waals surface area contributed by atoms with Crippen molar-refractivity contribution in [2.24, 2.45) is 4.99 Å². The van der Waals surface area contributed by atoms with Crippen molar-refractivity contribution in [2.45, 2.75) is 19.6 Å². The first-order valence-corrected chi connectivity index (χ1v) is 17.9. The van der Waals surface area contributed by atoms with Crippen molar-refractivity contribution < 1.29 is 14.3 Å². The zero-order valence-corrected chi connectivity index (χ0v) is 31.5. The fraction of sp³-hybridized carbons (Fsp3) is 0.114. The number of hydrogen-bond donors (Lipinski definition) is 1. The van der Waals surface area contributed by atoms with Crippen LogP contribution >= 0.6 is 79.7 Å². The highest BCUT2D eigenvalue weighted by Gasteiger charge is 2.33. The van der Waals surface area contributed by atoms with Crippen molar-refractivity contribution in [3.05, 3.63) is 150 Å². The Balaban J connectivity index is 1.39. The molecule has 0 radical (unpaired) electrons. The molecule has 47 heavy (non-hydrogen) atoms. The van der Waals surface area contributed by atoms with Crippen molar-refractivity contribution in [1.82, 2.24) is 4.57 Å². The Morgan fingerprint density at radius 2 is 1.74 bits per heavy atom. The first-order valence-electron chi connectivity index (χ1n) is 14.2. The van der Waals surface area contributed by atoms with Gasteiger partial charge in [0.15, 0.2) is 4.80 Å². The first-order chi connectivity index (χ1) is 22.6. The summed E-state index contributed by atoms with van der Waals surface area (Å²) in [6.45, 7) is 2.12. The van der Waals surface area contributed by atoms with E-state index in [-0.39, 0.29) is 11.5 Å². The summed E-state index contributed by atoms with van der Waals surface area (Å²) in [4.78, 5) is 33.3. The number of para-hydroxylation sites is 1. The zero-order valence-electron chi connectivity index (χ0n) is 24.9. The molecular formula is C35H25Cl2I2N3O4S. The van der Waals surface area contributed by atoms with Gasteiger partial charge in [0.25, 0.3) is 11.5 Å². The number of thiazole rings is 1. The van der Waals surface area contributed by atoms with Gasteiger partial charge in [0.1, 0.15) is 18.1 Å². The van der Waals surface area contributed by atoms with Crippen LogP contribution in [0, 0.1) is 7.14 Å². The Hall–Kier alpha value is -3.17. The maximum absolute atomic E-state index is 14.2. The van der Waals surface area contributed by atoms with Crippen molar-refractivity contribution in [3.63, 3.8) is 0 Å². The van der Waals surface area contributed by atoms with E-state index in [0.717, 1.165) is 29.6 Å². The molecule has 0 spiro atoms. The molecular weight excluding hydrogens is 883 g/mol. The van der Waals surface area contributed by atoms with Gasteiger partial charge in [0.2, 0.25) is 0 Å². The van der Waals surface area contributed by atoms with E-state index in [2.05, 4.69) is 50.5 Å². The van der Waals surface area contributed by atoms with Gasteiger partial charge in [-0.25, -0.2) is 4.99 Å². The van der Waals surface area contributed by atoms with Crippen LogP contribution in [0.3, 0.4) is 0 Å². The van der Waals surface area contributed by atoms with E-state index in [0.29, 0.717) is 48.7 Å². The highest BCUT2D eigenvalue weighted by atomic mass is 127. The molecule has 6 rings (SSSR count). The summed E-state index contributed by atoms with van der Waals surface area (Å²) in [5, 5.41) is 3.94. The highest BCUT2D eigenvalue weighted by molar-refractivity contribution is 14.1. The van der Waals surface area contributed by atoms with Crippen molar-refractivity contribution in [3.8, 4) is 11.5 Å². The van der Waals surface area contributed by atoms with E-state index in [9.17, 15) is 9.59 Å². The normalized spacial score (nSPS) is 14.4. The third-order valence-electron chi connectivity index (χ3n) is 7.39. The number of nitrogens with one attached hydrogen (secondary N) is 1. The average molecular weight is 908 g/mol. The molecule has 1 aliphatic rings. The average Bonchev–Trinajstić information content (AvgIpc) is 3.35. The van der Waals surface area contributed by atoms with Gasteiger partial charge in [-0.3, -0.25) is 14.2 Å². The van der Waals surface area contributed by atoms with Crippen LogP contribution in [0.4, 0.5) is 5.69 Å². The van der Waals surface area contributed by atoms with E-state index >= 15 is 0 Å². The van der Waals surface area contributed by atoms with Gasteiger partial charge < -0.3 is 14.8 Å². The molecule has 0 aliphatic carbocycles. The van der Waals surface area contributed by atoms with Crippen LogP contribution in [0.1, 0.15) is 29.7 Å². The summed E-state index contributed by atoms with van der Waals surface area (Å²) in [5.74, 6) is 1.02. The predicted molar refractivity (Wildman–Crippen MR) is 205 cm³/mol. The van der Waals surface area contributed by atoms with Gasteiger partial charge in [-0.1, -0.05) is 70.9 Å². The second-order valence-electron chi connectivity index (χ2n) is 10.5. The summed E-state index contributed by atoms with van der Waals surface area (Å²) in [6, 6.07) is 25.2. The van der Waals surface area contributed by atoms with Gasteiger partial charge in [0.05, 0.1) is 46.1 Å². The van der Waals surface area contributed by atoms with E-state index in [1.807, 2.05) is 78.9 Å². The number of amides is 1. The topological polar surface area (TPSA) is 81.9 Å². The third-order valence-corrected chi connectivity index (χ3v) is 10.7. The van der Waals surface area contributed by atoms with Crippen molar-refractivity contribution in [2.75, 3.05) is 12.4 Å². The van der Waals surface area contributed by atoms with Crippen LogP contribution in [-0.4, -0.2) is 17.6 Å². The largest absolute Gasteiger partial charge is 0.497 e. The number of hydrogen-bond acceptors (Lipinski definition) is 6. The Morgan fingerprint density at radius 3 is 2.45 bits per heavy atom. The van der Waals surface area contributed by atoms with E-state index in [4.69, 9.17) is 37.7 Å². The van der Waals surface area contributed by atoms with Crippen LogP contribution in [0.25, 0.3) is 6.08 Å². The molecule has 2 heterocycles. The standard InChI is InChI=1S/C35H25Cl2I2N3O4S/c1-19-30(33(43)41-23-8-4-3-5-9-23)31(22-7-6-10-24(17-22)45-2)42-34(44)29(47-35(42)40-19)16-21-14-27(38)32(28(39)15-21)46-18-20-11-12-25(36)26(37)13-20/h3-17,31H,18H2,1-2H3,(H,41,43)/b29-16-/t31-/m0/s1. The maximum Gasteiger partial charge on any atom is 0.271 e. The summed E-state index contributed by atoms with van der Waals surface area (Å²) >= 11 is 18.0. The van der Waals surface area contributed by atoms with E-state index in [1.165, 1.54) is 11.3 Å². The third kappa shape index (κ3) is 7.31. The number of fused-ring (bicyclic) bond motifs is 1. The van der Waals surface area contributed by atoms with Gasteiger partial charge in [-0.2, -0.15) is 0 Å². The number of benzene rings is 4. The molecule has 1 N–H and O–H groups in total. The lowest BCUT2D eigenvalue weighted by Gasteiger charge is -2.25. The molecule has 12 heteroatoms. The first kappa shape index (κ1) is 33.7. The molecule has 0 fully saturated rings. The molecule has 1 amide bonds. The van der Waals surface area contributed by atoms with Gasteiger partial charge >= 0.3 is 0 Å². The zero-order chi connectivity index (χ0) is 33.2. The molecule has 238 valence electrons. The van der Waals surface area contributed by atoms with Gasteiger partial charge in [0, 0.05) is 5.69 Å². The van der Waals surface area contributed by atoms with E-state index < -0.39 is 6.04 Å². The van der Waals surface area contributed by atoms with Crippen LogP contribution in [0.5, 0.6) is 11.5 Å². The Kier molecular flexibility index (Phi) is 10.4. The molecule has 1 atom stereocenters. The lowest BCUT2D eigenvalue weighted by atomic mass is 9.95. The predicted octanol–water partition coefficient (Wildman–Crippen LogP) is 7.98. The summed E-state index contributed by atoms with van der Waals surface area (Å²) < 4.78 is 15.5. The monoisotopic (exact) mass is 907 g/mol. The molecule has 0 saturated carbocycles. The van der Waals surface area contributed by atoms with Gasteiger partial charge in [-0.15, -0.1) is 0 Å². The minimum absolute atomic E-state index is 0.246. The number of carbonyl (C=O) groups excluding carboxylic acids is 1. The second kappa shape index (κ2) is 14.5. The number of aromatic nitrogens is 1. The number of carbonyl (C=O) groups is 1. The SMILES string of the molecule is COc1cccc([C@H]2C(C(=O)Nc3ccccc3)=C(C)N=c3s/c(=C\c4cc(I)c(OCc5ccc(Cl)c(Cl)c5)c(I)c4)c(=O)n32)c1. The minimum atomic E-state index is -0.718. The number of rotatable bonds is 8. The number of methoxy groups -OCH3 is 1. The fourth-order valence-electron chi connectivity index (χ4n) is 5.20. The molecule has 4 aromatic carbocycles.